The maximum absolute atomic E-state index is 13.9. The number of pyridine rings is 2. The van der Waals surface area contributed by atoms with Gasteiger partial charge in [0.15, 0.2) is 0 Å². The van der Waals surface area contributed by atoms with Crippen LogP contribution in [0.2, 0.25) is 0 Å². The molecule has 0 aliphatic heterocycles. The van der Waals surface area contributed by atoms with Crippen molar-refractivity contribution in [2.75, 3.05) is 26.0 Å². The van der Waals surface area contributed by atoms with Gasteiger partial charge in [-0.2, -0.15) is 0 Å². The van der Waals surface area contributed by atoms with Crippen molar-refractivity contribution in [3.63, 3.8) is 0 Å². The summed E-state index contributed by atoms with van der Waals surface area (Å²) < 4.78 is 25.2. The fraction of sp³-hybridized carbons (Fsp3) is 0.200. The summed E-state index contributed by atoms with van der Waals surface area (Å²) in [5.74, 6) is 0.511. The summed E-state index contributed by atoms with van der Waals surface area (Å²) in [6.45, 7) is 3.03. The third-order valence-corrected chi connectivity index (χ3v) is 8.39. The van der Waals surface area contributed by atoms with Gasteiger partial charge in [0.2, 0.25) is 0 Å². The SMILES string of the molecule is COc1ccc2c(Oc3ccc(NC(=O)c4c(C)n(C[C@@H](C)OC(=O)CN(C)C(=O)OCc5ccccc5)n(-c5ccccc5)c4=O)nc3)ccnc2c1. The third-order valence-electron chi connectivity index (χ3n) is 8.39. The smallest absolute Gasteiger partial charge is 0.410 e. The van der Waals surface area contributed by atoms with Crippen molar-refractivity contribution in [2.45, 2.75) is 33.1 Å². The number of anilines is 1. The molecule has 1 atom stereocenters. The highest BCUT2D eigenvalue weighted by Gasteiger charge is 2.26. The number of hydrogen-bond donors (Lipinski definition) is 1. The number of para-hydroxylation sites is 1. The first-order chi connectivity index (χ1) is 26.1. The minimum atomic E-state index is -0.753. The van der Waals surface area contributed by atoms with E-state index in [1.54, 1.807) is 86.4 Å². The van der Waals surface area contributed by atoms with Gasteiger partial charge in [-0.3, -0.25) is 24.0 Å². The van der Waals surface area contributed by atoms with Gasteiger partial charge >= 0.3 is 12.1 Å². The van der Waals surface area contributed by atoms with Gasteiger partial charge in [-0.05, 0) is 61.9 Å². The topological polar surface area (TPSA) is 156 Å². The Morgan fingerprint density at radius 1 is 0.907 bits per heavy atom. The summed E-state index contributed by atoms with van der Waals surface area (Å²) >= 11 is 0. The molecule has 0 fully saturated rings. The predicted octanol–water partition coefficient (Wildman–Crippen LogP) is 6.14. The minimum Gasteiger partial charge on any atom is -0.497 e. The van der Waals surface area contributed by atoms with Gasteiger partial charge in [-0.1, -0.05) is 48.5 Å². The molecule has 0 radical (unpaired) electrons. The van der Waals surface area contributed by atoms with Crippen molar-refractivity contribution in [3.05, 3.63) is 137 Å². The number of hydrogen-bond acceptors (Lipinski definition) is 10. The summed E-state index contributed by atoms with van der Waals surface area (Å²) in [4.78, 5) is 62.7. The Hall–Kier alpha value is -6.96. The predicted molar refractivity (Wildman–Crippen MR) is 200 cm³/mol. The van der Waals surface area contributed by atoms with Crippen LogP contribution < -0.4 is 20.3 Å². The second kappa shape index (κ2) is 16.6. The number of nitrogens with zero attached hydrogens (tertiary/aromatic N) is 5. The molecule has 2 amide bonds. The van der Waals surface area contributed by atoms with Crippen LogP contribution in [-0.2, 0) is 27.4 Å². The van der Waals surface area contributed by atoms with E-state index in [1.165, 1.54) is 17.9 Å². The molecule has 54 heavy (non-hydrogen) atoms. The van der Waals surface area contributed by atoms with E-state index in [2.05, 4.69) is 15.3 Å². The van der Waals surface area contributed by atoms with Crippen molar-refractivity contribution in [2.24, 2.45) is 0 Å². The van der Waals surface area contributed by atoms with Crippen LogP contribution in [0.15, 0.2) is 114 Å². The number of fused-ring (bicyclic) bond motifs is 1. The number of carbonyl (C=O) groups is 3. The number of carbonyl (C=O) groups excluding carboxylic acids is 3. The monoisotopic (exact) mass is 730 g/mol. The van der Waals surface area contributed by atoms with Crippen LogP contribution in [0.1, 0.15) is 28.5 Å². The lowest BCUT2D eigenvalue weighted by Crippen LogP contribution is -2.35. The van der Waals surface area contributed by atoms with E-state index >= 15 is 0 Å². The molecule has 0 spiro atoms. The van der Waals surface area contributed by atoms with E-state index < -0.39 is 29.6 Å². The zero-order chi connectivity index (χ0) is 38.2. The van der Waals surface area contributed by atoms with E-state index in [0.717, 1.165) is 15.8 Å². The summed E-state index contributed by atoms with van der Waals surface area (Å²) in [6, 6.07) is 28.4. The average molecular weight is 731 g/mol. The van der Waals surface area contributed by atoms with Gasteiger partial charge in [0.1, 0.15) is 47.9 Å². The molecule has 0 aliphatic carbocycles. The Balaban J connectivity index is 1.14. The van der Waals surface area contributed by atoms with Crippen molar-refractivity contribution < 1.29 is 33.3 Å². The van der Waals surface area contributed by atoms with Gasteiger partial charge in [0.25, 0.3) is 11.5 Å². The Morgan fingerprint density at radius 3 is 2.33 bits per heavy atom. The maximum Gasteiger partial charge on any atom is 0.410 e. The lowest BCUT2D eigenvalue weighted by molar-refractivity contribution is -0.149. The molecule has 276 valence electrons. The number of likely N-dealkylation sites (N-methyl/N-ethyl adjacent to an activating group) is 1. The molecular formula is C40H38N6O8. The zero-order valence-electron chi connectivity index (χ0n) is 30.1. The highest BCUT2D eigenvalue weighted by Crippen LogP contribution is 2.31. The first-order valence-corrected chi connectivity index (χ1v) is 17.0. The fourth-order valence-corrected chi connectivity index (χ4v) is 5.72. The molecular weight excluding hydrogens is 692 g/mol. The molecule has 3 heterocycles. The number of nitrogens with one attached hydrogen (secondary N) is 1. The van der Waals surface area contributed by atoms with Crippen LogP contribution in [0, 0.1) is 6.92 Å². The van der Waals surface area contributed by atoms with Gasteiger partial charge in [0.05, 0.1) is 36.7 Å². The molecule has 6 aromatic rings. The van der Waals surface area contributed by atoms with Crippen LogP contribution in [0.5, 0.6) is 17.2 Å². The van der Waals surface area contributed by atoms with E-state index in [9.17, 15) is 19.2 Å². The third kappa shape index (κ3) is 8.56. The Labute approximate surface area is 310 Å². The van der Waals surface area contributed by atoms with Crippen LogP contribution in [0.3, 0.4) is 0 Å². The van der Waals surface area contributed by atoms with Crippen LogP contribution in [-0.4, -0.2) is 69.0 Å². The number of methoxy groups -OCH3 is 1. The molecule has 0 saturated heterocycles. The second-order valence-corrected chi connectivity index (χ2v) is 12.3. The fourth-order valence-electron chi connectivity index (χ4n) is 5.72. The van der Waals surface area contributed by atoms with E-state index in [0.29, 0.717) is 34.1 Å². The van der Waals surface area contributed by atoms with Gasteiger partial charge in [0, 0.05) is 24.7 Å². The Bertz CT molecular complexity index is 2330. The quantitative estimate of drug-likeness (QED) is 0.137. The summed E-state index contributed by atoms with van der Waals surface area (Å²) in [5.41, 5.74) is 1.67. The molecule has 0 saturated carbocycles. The molecule has 14 nitrogen and oxygen atoms in total. The first-order valence-electron chi connectivity index (χ1n) is 17.0. The normalized spacial score (nSPS) is 11.4. The van der Waals surface area contributed by atoms with Crippen molar-refractivity contribution in [1.29, 1.82) is 0 Å². The number of amides is 2. The number of esters is 1. The zero-order valence-corrected chi connectivity index (χ0v) is 30.1. The minimum absolute atomic E-state index is 0.0257. The standard InChI is InChI=1S/C40H38N6O8/c1-26(53-36(47)24-44(3)40(50)52-25-28-11-7-5-8-12-28)23-45-27(2)37(39(49)46(45)29-13-9-6-10-14-29)38(48)43-35-18-16-31(22-42-35)54-34-19-20-41-33-21-30(51-4)15-17-32(33)34/h5-22,26H,23-25H2,1-4H3,(H,42,43,48)/t26-/m1/s1. The molecule has 0 aliphatic rings. The summed E-state index contributed by atoms with van der Waals surface area (Å²) in [6.07, 6.45) is 1.66. The largest absolute Gasteiger partial charge is 0.497 e. The van der Waals surface area contributed by atoms with Crippen LogP contribution in [0.4, 0.5) is 10.6 Å². The average Bonchev–Trinajstić information content (AvgIpc) is 3.42. The lowest BCUT2D eigenvalue weighted by atomic mass is 10.2. The van der Waals surface area contributed by atoms with E-state index in [1.807, 2.05) is 42.5 Å². The van der Waals surface area contributed by atoms with E-state index in [-0.39, 0.29) is 31.1 Å². The molecule has 3 aromatic heterocycles. The number of aromatic nitrogens is 4. The summed E-state index contributed by atoms with van der Waals surface area (Å²) in [7, 11) is 3.02. The Morgan fingerprint density at radius 2 is 1.63 bits per heavy atom. The van der Waals surface area contributed by atoms with Crippen LogP contribution >= 0.6 is 0 Å². The highest BCUT2D eigenvalue weighted by molar-refractivity contribution is 6.04. The van der Waals surface area contributed by atoms with Gasteiger partial charge in [-0.25, -0.2) is 14.5 Å². The maximum atomic E-state index is 13.9. The molecule has 14 heteroatoms. The lowest BCUT2D eigenvalue weighted by Gasteiger charge is -2.21. The molecule has 0 bridgehead atoms. The molecule has 1 N–H and O–H groups in total. The molecule has 6 rings (SSSR count). The van der Waals surface area contributed by atoms with E-state index in [4.69, 9.17) is 18.9 Å². The number of benzene rings is 3. The van der Waals surface area contributed by atoms with Crippen LogP contribution in [0.25, 0.3) is 16.6 Å². The number of ether oxygens (including phenoxy) is 4. The molecule has 3 aromatic carbocycles. The second-order valence-electron chi connectivity index (χ2n) is 12.3. The van der Waals surface area contributed by atoms with Crippen molar-refractivity contribution >= 4 is 34.7 Å². The van der Waals surface area contributed by atoms with Crippen molar-refractivity contribution in [1.82, 2.24) is 24.2 Å². The van der Waals surface area contributed by atoms with Gasteiger partial charge in [-0.15, -0.1) is 0 Å². The molecule has 0 unspecified atom stereocenters. The van der Waals surface area contributed by atoms with Crippen molar-refractivity contribution in [3.8, 4) is 22.9 Å². The first kappa shape index (κ1) is 36.8. The summed E-state index contributed by atoms with van der Waals surface area (Å²) in [5, 5.41) is 3.49. The Kier molecular flexibility index (Phi) is 11.3. The highest BCUT2D eigenvalue weighted by atomic mass is 16.6. The van der Waals surface area contributed by atoms with Gasteiger partial charge < -0.3 is 29.2 Å². The number of rotatable bonds is 13.